The summed E-state index contributed by atoms with van der Waals surface area (Å²) in [5.74, 6) is 0. The third-order valence-electron chi connectivity index (χ3n) is 3.45. The summed E-state index contributed by atoms with van der Waals surface area (Å²) in [6.45, 7) is 6.35. The molecule has 6 heteroatoms. The predicted molar refractivity (Wildman–Crippen MR) is 79.1 cm³/mol. The molecule has 1 fully saturated rings. The summed E-state index contributed by atoms with van der Waals surface area (Å²) < 4.78 is 27.0. The van der Waals surface area contributed by atoms with Crippen LogP contribution in [-0.4, -0.2) is 38.4 Å². The van der Waals surface area contributed by atoms with Gasteiger partial charge in [-0.15, -0.1) is 11.3 Å². The topological polar surface area (TPSA) is 49.4 Å². The molecule has 1 aliphatic heterocycles. The highest BCUT2D eigenvalue weighted by atomic mass is 32.2. The van der Waals surface area contributed by atoms with Gasteiger partial charge in [0, 0.05) is 24.0 Å². The van der Waals surface area contributed by atoms with Crippen LogP contribution in [0.3, 0.4) is 0 Å². The maximum Gasteiger partial charge on any atom is 0.252 e. The van der Waals surface area contributed by atoms with Crippen LogP contribution >= 0.6 is 11.3 Å². The van der Waals surface area contributed by atoms with Crippen molar-refractivity contribution >= 4 is 21.4 Å². The molecule has 2 heterocycles. The van der Waals surface area contributed by atoms with Crippen molar-refractivity contribution in [2.24, 2.45) is 0 Å². The zero-order valence-corrected chi connectivity index (χ0v) is 13.2. The molecular formula is C13H22N2O2S2. The molecule has 0 amide bonds. The zero-order chi connectivity index (χ0) is 13.9. The van der Waals surface area contributed by atoms with Gasteiger partial charge in [-0.1, -0.05) is 6.92 Å². The van der Waals surface area contributed by atoms with E-state index in [0.29, 0.717) is 23.3 Å². The predicted octanol–water partition coefficient (Wildman–Crippen LogP) is 2.21. The smallest absolute Gasteiger partial charge is 0.252 e. The number of nitrogens with zero attached hydrogens (tertiary/aromatic N) is 1. The maximum absolute atomic E-state index is 12.4. The molecule has 108 valence electrons. The van der Waals surface area contributed by atoms with Gasteiger partial charge in [0.25, 0.3) is 10.0 Å². The summed E-state index contributed by atoms with van der Waals surface area (Å²) in [6, 6.07) is 4.06. The van der Waals surface area contributed by atoms with Crippen molar-refractivity contribution in [2.75, 3.05) is 19.6 Å². The van der Waals surface area contributed by atoms with Crippen molar-refractivity contribution in [1.29, 1.82) is 0 Å². The molecule has 0 bridgehead atoms. The van der Waals surface area contributed by atoms with Crippen LogP contribution in [0.4, 0.5) is 0 Å². The van der Waals surface area contributed by atoms with E-state index in [4.69, 9.17) is 0 Å². The SMILES string of the molecule is CCCNC1CCN(S(=O)(=O)c2ccc(C)s2)CC1. The quantitative estimate of drug-likeness (QED) is 0.907. The Balaban J connectivity index is 1.97. The summed E-state index contributed by atoms with van der Waals surface area (Å²) in [6.07, 6.45) is 2.93. The molecule has 0 unspecified atom stereocenters. The number of aryl methyl sites for hydroxylation is 1. The van der Waals surface area contributed by atoms with Gasteiger partial charge in [0.2, 0.25) is 0 Å². The minimum Gasteiger partial charge on any atom is -0.314 e. The first-order valence-electron chi connectivity index (χ1n) is 6.84. The van der Waals surface area contributed by atoms with Crippen molar-refractivity contribution in [2.45, 2.75) is 43.4 Å². The summed E-state index contributed by atoms with van der Waals surface area (Å²) in [5.41, 5.74) is 0. The molecule has 1 aromatic rings. The number of piperidine rings is 1. The van der Waals surface area contributed by atoms with Crippen LogP contribution in [-0.2, 0) is 10.0 Å². The average Bonchev–Trinajstić information content (AvgIpc) is 2.84. The van der Waals surface area contributed by atoms with Gasteiger partial charge >= 0.3 is 0 Å². The molecule has 2 rings (SSSR count). The molecule has 1 aromatic heterocycles. The lowest BCUT2D eigenvalue weighted by Crippen LogP contribution is -2.44. The van der Waals surface area contributed by atoms with E-state index in [2.05, 4.69) is 12.2 Å². The van der Waals surface area contributed by atoms with E-state index in [0.717, 1.165) is 30.7 Å². The highest BCUT2D eigenvalue weighted by Gasteiger charge is 2.29. The summed E-state index contributed by atoms with van der Waals surface area (Å²) >= 11 is 1.36. The normalized spacial score (nSPS) is 18.8. The van der Waals surface area contributed by atoms with E-state index in [1.54, 1.807) is 10.4 Å². The Bertz CT molecular complexity index is 502. The van der Waals surface area contributed by atoms with Crippen molar-refractivity contribution in [3.05, 3.63) is 17.0 Å². The number of hydrogen-bond acceptors (Lipinski definition) is 4. The summed E-state index contributed by atoms with van der Waals surface area (Å²) in [5, 5.41) is 3.47. The Morgan fingerprint density at radius 3 is 2.58 bits per heavy atom. The van der Waals surface area contributed by atoms with Crippen molar-refractivity contribution in [1.82, 2.24) is 9.62 Å². The van der Waals surface area contributed by atoms with Crippen molar-refractivity contribution in [3.63, 3.8) is 0 Å². The van der Waals surface area contributed by atoms with Gasteiger partial charge in [0.05, 0.1) is 0 Å². The highest BCUT2D eigenvalue weighted by Crippen LogP contribution is 2.26. The fourth-order valence-corrected chi connectivity index (χ4v) is 5.23. The van der Waals surface area contributed by atoms with E-state index in [9.17, 15) is 8.42 Å². The Morgan fingerprint density at radius 2 is 2.05 bits per heavy atom. The largest absolute Gasteiger partial charge is 0.314 e. The fraction of sp³-hybridized carbons (Fsp3) is 0.692. The number of thiophene rings is 1. The van der Waals surface area contributed by atoms with Gasteiger partial charge in [-0.3, -0.25) is 0 Å². The van der Waals surface area contributed by atoms with Crippen LogP contribution in [0.15, 0.2) is 16.3 Å². The van der Waals surface area contributed by atoms with Gasteiger partial charge < -0.3 is 5.32 Å². The molecule has 1 aliphatic rings. The summed E-state index contributed by atoms with van der Waals surface area (Å²) in [7, 11) is -3.26. The van der Waals surface area contributed by atoms with Gasteiger partial charge in [0.15, 0.2) is 0 Å². The molecule has 19 heavy (non-hydrogen) atoms. The van der Waals surface area contributed by atoms with E-state index in [1.165, 1.54) is 11.3 Å². The number of sulfonamides is 1. The number of nitrogens with one attached hydrogen (secondary N) is 1. The van der Waals surface area contributed by atoms with Crippen LogP contribution in [0.5, 0.6) is 0 Å². The molecule has 1 N–H and O–H groups in total. The van der Waals surface area contributed by atoms with Gasteiger partial charge in [-0.25, -0.2) is 8.42 Å². The second-order valence-electron chi connectivity index (χ2n) is 5.00. The monoisotopic (exact) mass is 302 g/mol. The van der Waals surface area contributed by atoms with E-state index in [-0.39, 0.29) is 0 Å². The highest BCUT2D eigenvalue weighted by molar-refractivity contribution is 7.91. The number of hydrogen-bond donors (Lipinski definition) is 1. The van der Waals surface area contributed by atoms with Gasteiger partial charge in [-0.05, 0) is 44.9 Å². The van der Waals surface area contributed by atoms with Crippen LogP contribution in [0.25, 0.3) is 0 Å². The molecule has 4 nitrogen and oxygen atoms in total. The Kier molecular flexibility index (Phi) is 5.00. The van der Waals surface area contributed by atoms with Crippen molar-refractivity contribution in [3.8, 4) is 0 Å². The Morgan fingerprint density at radius 1 is 1.37 bits per heavy atom. The molecule has 0 atom stereocenters. The first-order chi connectivity index (χ1) is 9.04. The third-order valence-corrected chi connectivity index (χ3v) is 6.81. The third kappa shape index (κ3) is 3.56. The van der Waals surface area contributed by atoms with Crippen molar-refractivity contribution < 1.29 is 8.42 Å². The first-order valence-corrected chi connectivity index (χ1v) is 9.09. The standard InChI is InChI=1S/C13H22N2O2S2/c1-3-8-14-12-6-9-15(10-7-12)19(16,17)13-5-4-11(2)18-13/h4-5,12,14H,3,6-10H2,1-2H3. The summed E-state index contributed by atoms with van der Waals surface area (Å²) in [4.78, 5) is 1.04. The first kappa shape index (κ1) is 15.0. The average molecular weight is 302 g/mol. The molecule has 0 aromatic carbocycles. The molecule has 0 radical (unpaired) electrons. The van der Waals surface area contributed by atoms with Crippen LogP contribution in [0, 0.1) is 6.92 Å². The Hall–Kier alpha value is -0.430. The Labute approximate surface area is 119 Å². The molecule has 0 saturated carbocycles. The molecule has 0 aliphatic carbocycles. The lowest BCUT2D eigenvalue weighted by atomic mass is 10.1. The van der Waals surface area contributed by atoms with Crippen LogP contribution < -0.4 is 5.32 Å². The molecule has 0 spiro atoms. The lowest BCUT2D eigenvalue weighted by molar-refractivity contribution is 0.290. The maximum atomic E-state index is 12.4. The van der Waals surface area contributed by atoms with E-state index in [1.807, 2.05) is 13.0 Å². The lowest BCUT2D eigenvalue weighted by Gasteiger charge is -2.31. The molecule has 1 saturated heterocycles. The minimum absolute atomic E-state index is 0.469. The van der Waals surface area contributed by atoms with E-state index >= 15 is 0 Å². The fourth-order valence-electron chi connectivity index (χ4n) is 2.33. The zero-order valence-electron chi connectivity index (χ0n) is 11.6. The second-order valence-corrected chi connectivity index (χ2v) is 8.45. The van der Waals surface area contributed by atoms with Gasteiger partial charge in [-0.2, -0.15) is 4.31 Å². The van der Waals surface area contributed by atoms with E-state index < -0.39 is 10.0 Å². The minimum atomic E-state index is -3.26. The van der Waals surface area contributed by atoms with Gasteiger partial charge in [0.1, 0.15) is 4.21 Å². The second kappa shape index (κ2) is 6.35. The number of rotatable bonds is 5. The molecular weight excluding hydrogens is 280 g/mol. The van der Waals surface area contributed by atoms with Crippen LogP contribution in [0.2, 0.25) is 0 Å². The van der Waals surface area contributed by atoms with Crippen LogP contribution in [0.1, 0.15) is 31.1 Å².